The van der Waals surface area contributed by atoms with Crippen LogP contribution in [-0.4, -0.2) is 11.1 Å². The van der Waals surface area contributed by atoms with Gasteiger partial charge in [-0.15, -0.1) is 0 Å². The van der Waals surface area contributed by atoms with E-state index in [9.17, 15) is 4.79 Å². The Kier molecular flexibility index (Phi) is 2.83. The highest BCUT2D eigenvalue weighted by Gasteiger charge is 2.16. The van der Waals surface area contributed by atoms with Gasteiger partial charge in [0.2, 0.25) is 5.76 Å². The van der Waals surface area contributed by atoms with Crippen LogP contribution in [0.5, 0.6) is 5.75 Å². The van der Waals surface area contributed by atoms with E-state index < -0.39 is 5.97 Å². The van der Waals surface area contributed by atoms with Gasteiger partial charge in [-0.1, -0.05) is 18.2 Å². The SMILES string of the molecule is O=C(O)c1occ2c(OC3=CC=CCC3)cccc12. The van der Waals surface area contributed by atoms with Gasteiger partial charge in [-0.2, -0.15) is 0 Å². The molecule has 4 heteroatoms. The van der Waals surface area contributed by atoms with Crippen molar-refractivity contribution in [3.05, 3.63) is 54.2 Å². The summed E-state index contributed by atoms with van der Waals surface area (Å²) in [6.07, 6.45) is 9.17. The highest BCUT2D eigenvalue weighted by Crippen LogP contribution is 2.31. The second kappa shape index (κ2) is 4.65. The predicted octanol–water partition coefficient (Wildman–Crippen LogP) is 3.74. The van der Waals surface area contributed by atoms with Crippen LogP contribution >= 0.6 is 0 Å². The number of furan rings is 1. The largest absolute Gasteiger partial charge is 0.475 e. The van der Waals surface area contributed by atoms with Crippen LogP contribution < -0.4 is 4.74 Å². The minimum Gasteiger partial charge on any atom is -0.475 e. The predicted molar refractivity (Wildman–Crippen MR) is 70.3 cm³/mol. The monoisotopic (exact) mass is 256 g/mol. The van der Waals surface area contributed by atoms with Gasteiger partial charge >= 0.3 is 5.97 Å². The summed E-state index contributed by atoms with van der Waals surface area (Å²) in [5.74, 6) is 0.355. The molecular weight excluding hydrogens is 244 g/mol. The molecule has 0 spiro atoms. The molecule has 0 amide bonds. The van der Waals surface area contributed by atoms with E-state index in [2.05, 4.69) is 6.08 Å². The van der Waals surface area contributed by atoms with Crippen molar-refractivity contribution in [1.29, 1.82) is 0 Å². The van der Waals surface area contributed by atoms with Gasteiger partial charge in [-0.25, -0.2) is 4.79 Å². The number of hydrogen-bond donors (Lipinski definition) is 1. The topological polar surface area (TPSA) is 59.7 Å². The summed E-state index contributed by atoms with van der Waals surface area (Å²) in [6.45, 7) is 0. The second-order valence-corrected chi connectivity index (χ2v) is 4.29. The number of rotatable bonds is 3. The Labute approximate surface area is 109 Å². The van der Waals surface area contributed by atoms with Crippen molar-refractivity contribution in [2.24, 2.45) is 0 Å². The van der Waals surface area contributed by atoms with E-state index in [1.54, 1.807) is 12.1 Å². The van der Waals surface area contributed by atoms with Crippen LogP contribution in [0.3, 0.4) is 0 Å². The first-order valence-corrected chi connectivity index (χ1v) is 6.03. The summed E-state index contributed by atoms with van der Waals surface area (Å²) in [5.41, 5.74) is 0. The van der Waals surface area contributed by atoms with Crippen molar-refractivity contribution in [2.75, 3.05) is 0 Å². The van der Waals surface area contributed by atoms with Gasteiger partial charge in [0.1, 0.15) is 17.8 Å². The molecule has 2 aromatic rings. The Bertz CT molecular complexity index is 691. The summed E-state index contributed by atoms with van der Waals surface area (Å²) < 4.78 is 10.9. The standard InChI is InChI=1S/C15H12O4/c16-15(17)14-11-7-4-8-13(12(11)9-18-14)19-10-5-2-1-3-6-10/h1-2,4-5,7-9H,3,6H2,(H,16,17). The fourth-order valence-corrected chi connectivity index (χ4v) is 2.11. The fraction of sp³-hybridized carbons (Fsp3) is 0.133. The van der Waals surface area contributed by atoms with Gasteiger partial charge in [0.05, 0.1) is 5.39 Å². The average molecular weight is 256 g/mol. The van der Waals surface area contributed by atoms with Crippen LogP contribution in [0.1, 0.15) is 23.4 Å². The summed E-state index contributed by atoms with van der Waals surface area (Å²) in [5, 5.41) is 10.3. The molecule has 0 bridgehead atoms. The summed E-state index contributed by atoms with van der Waals surface area (Å²) in [6, 6.07) is 5.28. The maximum Gasteiger partial charge on any atom is 0.372 e. The average Bonchev–Trinajstić information content (AvgIpc) is 2.85. The van der Waals surface area contributed by atoms with Gasteiger partial charge < -0.3 is 14.3 Å². The summed E-state index contributed by atoms with van der Waals surface area (Å²) in [7, 11) is 0. The van der Waals surface area contributed by atoms with E-state index in [4.69, 9.17) is 14.3 Å². The zero-order valence-electron chi connectivity index (χ0n) is 10.1. The Morgan fingerprint density at radius 3 is 2.95 bits per heavy atom. The molecule has 3 rings (SSSR count). The van der Waals surface area contributed by atoms with Crippen LogP contribution in [0.25, 0.3) is 10.8 Å². The maximum atomic E-state index is 11.0. The first-order valence-electron chi connectivity index (χ1n) is 6.03. The molecule has 1 N–H and O–H groups in total. The number of hydrogen-bond acceptors (Lipinski definition) is 3. The third-order valence-electron chi connectivity index (χ3n) is 3.02. The molecule has 1 aromatic carbocycles. The Morgan fingerprint density at radius 2 is 2.21 bits per heavy atom. The number of carboxylic acid groups (broad SMARTS) is 1. The van der Waals surface area contributed by atoms with Gasteiger partial charge in [0, 0.05) is 11.8 Å². The Hall–Kier alpha value is -2.49. The van der Waals surface area contributed by atoms with E-state index >= 15 is 0 Å². The molecule has 0 atom stereocenters. The van der Waals surface area contributed by atoms with Crippen molar-refractivity contribution in [2.45, 2.75) is 12.8 Å². The number of benzene rings is 1. The molecule has 1 aliphatic rings. The van der Waals surface area contributed by atoms with E-state index in [1.165, 1.54) is 6.26 Å². The lowest BCUT2D eigenvalue weighted by Gasteiger charge is -2.11. The molecule has 4 nitrogen and oxygen atoms in total. The van der Waals surface area contributed by atoms with Crippen LogP contribution in [0, 0.1) is 0 Å². The molecule has 19 heavy (non-hydrogen) atoms. The first-order chi connectivity index (χ1) is 9.25. The number of carboxylic acids is 1. The molecule has 96 valence electrons. The molecule has 0 fully saturated rings. The van der Waals surface area contributed by atoms with E-state index in [1.807, 2.05) is 18.2 Å². The van der Waals surface area contributed by atoms with Gasteiger partial charge in [0.15, 0.2) is 0 Å². The lowest BCUT2D eigenvalue weighted by Crippen LogP contribution is -1.98. The fourth-order valence-electron chi connectivity index (χ4n) is 2.11. The van der Waals surface area contributed by atoms with Gasteiger partial charge in [-0.05, 0) is 24.6 Å². The van der Waals surface area contributed by atoms with Gasteiger partial charge in [-0.3, -0.25) is 0 Å². The Balaban J connectivity index is 2.02. The zero-order valence-corrected chi connectivity index (χ0v) is 10.1. The van der Waals surface area contributed by atoms with Crippen molar-refractivity contribution in [1.82, 2.24) is 0 Å². The molecule has 1 heterocycles. The third-order valence-corrected chi connectivity index (χ3v) is 3.02. The number of carbonyl (C=O) groups is 1. The molecule has 0 saturated heterocycles. The van der Waals surface area contributed by atoms with Gasteiger partial charge in [0.25, 0.3) is 0 Å². The van der Waals surface area contributed by atoms with Crippen molar-refractivity contribution in [3.8, 4) is 5.75 Å². The molecule has 0 aliphatic heterocycles. The highest BCUT2D eigenvalue weighted by molar-refractivity contribution is 6.03. The highest BCUT2D eigenvalue weighted by atomic mass is 16.5. The minimum atomic E-state index is -1.08. The minimum absolute atomic E-state index is 0.0574. The van der Waals surface area contributed by atoms with E-state index in [-0.39, 0.29) is 5.76 Å². The summed E-state index contributed by atoms with van der Waals surface area (Å²) in [4.78, 5) is 11.0. The summed E-state index contributed by atoms with van der Waals surface area (Å²) >= 11 is 0. The number of allylic oxidation sites excluding steroid dienone is 4. The normalized spacial score (nSPS) is 14.4. The Morgan fingerprint density at radius 1 is 1.32 bits per heavy atom. The molecule has 0 saturated carbocycles. The molecule has 0 radical (unpaired) electrons. The van der Waals surface area contributed by atoms with Crippen LogP contribution in [-0.2, 0) is 0 Å². The lowest BCUT2D eigenvalue weighted by atomic mass is 10.1. The van der Waals surface area contributed by atoms with Crippen LogP contribution in [0.15, 0.2) is 52.9 Å². The zero-order chi connectivity index (χ0) is 13.2. The quantitative estimate of drug-likeness (QED) is 0.908. The molecular formula is C15H12O4. The third kappa shape index (κ3) is 2.12. The number of aromatic carboxylic acids is 1. The smallest absolute Gasteiger partial charge is 0.372 e. The number of fused-ring (bicyclic) bond motifs is 1. The lowest BCUT2D eigenvalue weighted by molar-refractivity contribution is 0.0665. The first kappa shape index (κ1) is 11.6. The molecule has 1 aromatic heterocycles. The van der Waals surface area contributed by atoms with Crippen LogP contribution in [0.4, 0.5) is 0 Å². The van der Waals surface area contributed by atoms with E-state index in [0.717, 1.165) is 18.6 Å². The van der Waals surface area contributed by atoms with Crippen LogP contribution in [0.2, 0.25) is 0 Å². The van der Waals surface area contributed by atoms with E-state index in [0.29, 0.717) is 16.5 Å². The molecule has 0 unspecified atom stereocenters. The van der Waals surface area contributed by atoms with Crippen molar-refractivity contribution in [3.63, 3.8) is 0 Å². The number of ether oxygens (including phenoxy) is 1. The second-order valence-electron chi connectivity index (χ2n) is 4.29. The maximum absolute atomic E-state index is 11.0. The van der Waals surface area contributed by atoms with Crippen molar-refractivity contribution >= 4 is 16.7 Å². The molecule has 1 aliphatic carbocycles. The van der Waals surface area contributed by atoms with Crippen molar-refractivity contribution < 1.29 is 19.1 Å².